The molecule has 2 aromatic rings. The SMILES string of the molecule is Cc1cc(=O)c(CNC2CC2)cn1-c1ccc(C(C)C)cc1. The van der Waals surface area contributed by atoms with Crippen molar-refractivity contribution in [3.63, 3.8) is 0 Å². The van der Waals surface area contributed by atoms with Crippen LogP contribution in [0.4, 0.5) is 0 Å². The molecule has 3 rings (SSSR count). The zero-order valence-electron chi connectivity index (χ0n) is 13.6. The molecule has 1 aliphatic rings. The van der Waals surface area contributed by atoms with Crippen LogP contribution in [0.15, 0.2) is 41.3 Å². The highest BCUT2D eigenvalue weighted by molar-refractivity contribution is 5.38. The van der Waals surface area contributed by atoms with Crippen LogP contribution in [0.5, 0.6) is 0 Å². The zero-order chi connectivity index (χ0) is 15.7. The second kappa shape index (κ2) is 6.09. The third-order valence-electron chi connectivity index (χ3n) is 4.32. The molecule has 1 aromatic carbocycles. The quantitative estimate of drug-likeness (QED) is 0.916. The molecule has 0 radical (unpaired) electrons. The average Bonchev–Trinajstić information content (AvgIpc) is 3.31. The molecule has 3 heteroatoms. The third-order valence-corrected chi connectivity index (χ3v) is 4.32. The van der Waals surface area contributed by atoms with Gasteiger partial charge in [-0.1, -0.05) is 26.0 Å². The molecule has 3 nitrogen and oxygen atoms in total. The Morgan fingerprint density at radius 3 is 2.50 bits per heavy atom. The molecule has 0 aliphatic heterocycles. The topological polar surface area (TPSA) is 34.0 Å². The van der Waals surface area contributed by atoms with Crippen LogP contribution in [0, 0.1) is 6.92 Å². The van der Waals surface area contributed by atoms with Crippen molar-refractivity contribution >= 4 is 0 Å². The monoisotopic (exact) mass is 296 g/mol. The minimum absolute atomic E-state index is 0.126. The van der Waals surface area contributed by atoms with E-state index >= 15 is 0 Å². The van der Waals surface area contributed by atoms with E-state index < -0.39 is 0 Å². The maximum Gasteiger partial charge on any atom is 0.186 e. The van der Waals surface area contributed by atoms with Gasteiger partial charge < -0.3 is 9.88 Å². The van der Waals surface area contributed by atoms with Crippen molar-refractivity contribution in [2.24, 2.45) is 0 Å². The molecule has 116 valence electrons. The number of rotatable bonds is 5. The van der Waals surface area contributed by atoms with E-state index in [2.05, 4.69) is 48.0 Å². The van der Waals surface area contributed by atoms with E-state index in [0.717, 1.165) is 16.9 Å². The molecule has 1 aromatic heterocycles. The second-order valence-corrected chi connectivity index (χ2v) is 6.58. The van der Waals surface area contributed by atoms with Gasteiger partial charge in [-0.25, -0.2) is 0 Å². The Labute approximate surface area is 132 Å². The fourth-order valence-corrected chi connectivity index (χ4v) is 2.65. The van der Waals surface area contributed by atoms with Crippen molar-refractivity contribution in [2.75, 3.05) is 0 Å². The minimum atomic E-state index is 0.126. The first-order valence-electron chi connectivity index (χ1n) is 8.10. The van der Waals surface area contributed by atoms with Gasteiger partial charge in [0, 0.05) is 41.8 Å². The van der Waals surface area contributed by atoms with Crippen LogP contribution in [0.3, 0.4) is 0 Å². The molecule has 0 amide bonds. The second-order valence-electron chi connectivity index (χ2n) is 6.58. The first-order valence-corrected chi connectivity index (χ1v) is 8.10. The number of aromatic nitrogens is 1. The van der Waals surface area contributed by atoms with Gasteiger partial charge in [0.25, 0.3) is 0 Å². The highest BCUT2D eigenvalue weighted by Crippen LogP contribution is 2.20. The van der Waals surface area contributed by atoms with Gasteiger partial charge in [0.1, 0.15) is 0 Å². The highest BCUT2D eigenvalue weighted by Gasteiger charge is 2.20. The number of hydrogen-bond donors (Lipinski definition) is 1. The molecule has 0 bridgehead atoms. The van der Waals surface area contributed by atoms with Gasteiger partial charge in [0.2, 0.25) is 0 Å². The van der Waals surface area contributed by atoms with Crippen LogP contribution in [0.1, 0.15) is 49.4 Å². The standard InChI is InChI=1S/C19H24N2O/c1-13(2)15-4-8-18(9-5-15)21-12-16(11-20-17-6-7-17)19(22)10-14(21)3/h4-5,8-10,12-13,17,20H,6-7,11H2,1-3H3. The molecule has 1 fully saturated rings. The lowest BCUT2D eigenvalue weighted by atomic mass is 10.0. The lowest BCUT2D eigenvalue weighted by Gasteiger charge is -2.14. The summed E-state index contributed by atoms with van der Waals surface area (Å²) in [5.41, 5.74) is 4.37. The van der Waals surface area contributed by atoms with Crippen molar-refractivity contribution in [3.05, 3.63) is 63.6 Å². The van der Waals surface area contributed by atoms with Gasteiger partial charge in [-0.3, -0.25) is 4.79 Å². The first kappa shape index (κ1) is 15.0. The maximum atomic E-state index is 12.1. The summed E-state index contributed by atoms with van der Waals surface area (Å²) >= 11 is 0. The lowest BCUT2D eigenvalue weighted by Crippen LogP contribution is -2.22. The Kier molecular flexibility index (Phi) is 4.16. The Morgan fingerprint density at radius 1 is 1.23 bits per heavy atom. The van der Waals surface area contributed by atoms with Gasteiger partial charge in [-0.05, 0) is 43.4 Å². The maximum absolute atomic E-state index is 12.1. The van der Waals surface area contributed by atoms with E-state index in [1.54, 1.807) is 6.07 Å². The number of pyridine rings is 1. The normalized spacial score (nSPS) is 14.5. The number of nitrogens with one attached hydrogen (secondary N) is 1. The first-order chi connectivity index (χ1) is 10.5. The van der Waals surface area contributed by atoms with Crippen molar-refractivity contribution < 1.29 is 0 Å². The molecular weight excluding hydrogens is 272 g/mol. The van der Waals surface area contributed by atoms with Crippen LogP contribution in [0.25, 0.3) is 5.69 Å². The lowest BCUT2D eigenvalue weighted by molar-refractivity contribution is 0.679. The molecular formula is C19H24N2O. The van der Waals surface area contributed by atoms with Crippen molar-refractivity contribution in [3.8, 4) is 5.69 Å². The summed E-state index contributed by atoms with van der Waals surface area (Å²) in [6.07, 6.45) is 4.45. The average molecular weight is 296 g/mol. The van der Waals surface area contributed by atoms with Gasteiger partial charge in [0.15, 0.2) is 5.43 Å². The van der Waals surface area contributed by atoms with Crippen LogP contribution >= 0.6 is 0 Å². The zero-order valence-corrected chi connectivity index (χ0v) is 13.6. The van der Waals surface area contributed by atoms with Gasteiger partial charge in [-0.15, -0.1) is 0 Å². The summed E-state index contributed by atoms with van der Waals surface area (Å²) in [7, 11) is 0. The number of nitrogens with zero attached hydrogens (tertiary/aromatic N) is 1. The smallest absolute Gasteiger partial charge is 0.186 e. The summed E-state index contributed by atoms with van der Waals surface area (Å²) in [6, 6.07) is 10.9. The van der Waals surface area contributed by atoms with Crippen LogP contribution in [-0.2, 0) is 6.54 Å². The summed E-state index contributed by atoms with van der Waals surface area (Å²) in [5.74, 6) is 0.530. The molecule has 1 N–H and O–H groups in total. The molecule has 1 saturated carbocycles. The largest absolute Gasteiger partial charge is 0.321 e. The summed E-state index contributed by atoms with van der Waals surface area (Å²) in [6.45, 7) is 7.03. The summed E-state index contributed by atoms with van der Waals surface area (Å²) in [4.78, 5) is 12.1. The van der Waals surface area contributed by atoms with E-state index in [1.165, 1.54) is 18.4 Å². The van der Waals surface area contributed by atoms with Crippen LogP contribution in [-0.4, -0.2) is 10.6 Å². The predicted octanol–water partition coefficient (Wildman–Crippen LogP) is 3.52. The number of benzene rings is 1. The third kappa shape index (κ3) is 3.30. The fourth-order valence-electron chi connectivity index (χ4n) is 2.65. The van der Waals surface area contributed by atoms with E-state index in [1.807, 2.05) is 13.1 Å². The summed E-state index contributed by atoms with van der Waals surface area (Å²) < 4.78 is 2.11. The summed E-state index contributed by atoms with van der Waals surface area (Å²) in [5, 5.41) is 3.42. The van der Waals surface area contributed by atoms with E-state index in [0.29, 0.717) is 18.5 Å². The predicted molar refractivity (Wildman–Crippen MR) is 90.7 cm³/mol. The Balaban J connectivity index is 1.90. The van der Waals surface area contributed by atoms with Crippen molar-refractivity contribution in [1.29, 1.82) is 0 Å². The van der Waals surface area contributed by atoms with Crippen molar-refractivity contribution in [2.45, 2.75) is 52.1 Å². The molecule has 0 atom stereocenters. The molecule has 0 saturated heterocycles. The molecule has 1 heterocycles. The molecule has 0 unspecified atom stereocenters. The van der Waals surface area contributed by atoms with E-state index in [9.17, 15) is 4.79 Å². The Bertz CT molecular complexity index is 709. The van der Waals surface area contributed by atoms with Crippen LogP contribution in [0.2, 0.25) is 0 Å². The Hall–Kier alpha value is -1.87. The molecule has 22 heavy (non-hydrogen) atoms. The van der Waals surface area contributed by atoms with Crippen molar-refractivity contribution in [1.82, 2.24) is 9.88 Å². The van der Waals surface area contributed by atoms with E-state index in [-0.39, 0.29) is 5.43 Å². The number of aryl methyl sites for hydroxylation is 1. The minimum Gasteiger partial charge on any atom is -0.321 e. The Morgan fingerprint density at radius 2 is 1.91 bits per heavy atom. The number of hydrogen-bond acceptors (Lipinski definition) is 2. The van der Waals surface area contributed by atoms with E-state index in [4.69, 9.17) is 0 Å². The highest BCUT2D eigenvalue weighted by atomic mass is 16.1. The molecule has 1 aliphatic carbocycles. The van der Waals surface area contributed by atoms with Crippen LogP contribution < -0.4 is 10.7 Å². The fraction of sp³-hybridized carbons (Fsp3) is 0.421. The van der Waals surface area contributed by atoms with Gasteiger partial charge in [0.05, 0.1) is 0 Å². The van der Waals surface area contributed by atoms with Gasteiger partial charge in [-0.2, -0.15) is 0 Å². The van der Waals surface area contributed by atoms with Gasteiger partial charge >= 0.3 is 0 Å². The molecule has 0 spiro atoms.